The summed E-state index contributed by atoms with van der Waals surface area (Å²) in [6.07, 6.45) is 0.159. The molecule has 0 unspecified atom stereocenters. The van der Waals surface area contributed by atoms with Crippen molar-refractivity contribution in [3.8, 4) is 0 Å². The Morgan fingerprint density at radius 2 is 1.65 bits per heavy atom. The highest BCUT2D eigenvalue weighted by Crippen LogP contribution is 2.23. The van der Waals surface area contributed by atoms with E-state index >= 15 is 0 Å². The normalized spacial score (nSPS) is 13.7. The summed E-state index contributed by atoms with van der Waals surface area (Å²) in [5.74, 6) is -0.675. The number of imide groups is 1. The molecule has 0 N–H and O–H groups in total. The molecule has 1 aliphatic rings. The summed E-state index contributed by atoms with van der Waals surface area (Å²) < 4.78 is 0. The van der Waals surface area contributed by atoms with Gasteiger partial charge in [0.25, 0.3) is 11.8 Å². The number of benzene rings is 1. The summed E-state index contributed by atoms with van der Waals surface area (Å²) >= 11 is 1.36. The average molecular weight is 285 g/mol. The number of hydrogen-bond acceptors (Lipinski definition) is 4. The van der Waals surface area contributed by atoms with Crippen LogP contribution in [0.4, 0.5) is 0 Å². The second-order valence-electron chi connectivity index (χ2n) is 4.46. The Labute approximate surface area is 119 Å². The molecule has 0 radical (unpaired) electrons. The van der Waals surface area contributed by atoms with Crippen LogP contribution in [0.5, 0.6) is 0 Å². The Kier molecular flexibility index (Phi) is 3.20. The van der Waals surface area contributed by atoms with Crippen LogP contribution in [0.1, 0.15) is 36.8 Å². The van der Waals surface area contributed by atoms with Crippen LogP contribution in [0.15, 0.2) is 41.8 Å². The molecular weight excluding hydrogens is 274 g/mol. The maximum Gasteiger partial charge on any atom is 0.261 e. The van der Waals surface area contributed by atoms with Gasteiger partial charge >= 0.3 is 0 Å². The first kappa shape index (κ1) is 12.7. The molecule has 1 aromatic carbocycles. The fourth-order valence-corrected chi connectivity index (χ4v) is 2.91. The lowest BCUT2D eigenvalue weighted by atomic mass is 10.1. The van der Waals surface area contributed by atoms with E-state index in [2.05, 4.69) is 0 Å². The lowest BCUT2D eigenvalue weighted by Gasteiger charge is -2.12. The second kappa shape index (κ2) is 5.02. The van der Waals surface area contributed by atoms with Crippen molar-refractivity contribution in [2.75, 3.05) is 6.54 Å². The number of carbonyl (C=O) groups is 3. The molecule has 2 aromatic rings. The van der Waals surface area contributed by atoms with Gasteiger partial charge < -0.3 is 0 Å². The lowest BCUT2D eigenvalue weighted by Crippen LogP contribution is -2.31. The van der Waals surface area contributed by atoms with Crippen molar-refractivity contribution in [2.24, 2.45) is 0 Å². The lowest BCUT2D eigenvalue weighted by molar-refractivity contribution is 0.0650. The zero-order valence-electron chi connectivity index (χ0n) is 10.5. The van der Waals surface area contributed by atoms with Crippen LogP contribution < -0.4 is 0 Å². The van der Waals surface area contributed by atoms with Crippen molar-refractivity contribution in [1.29, 1.82) is 0 Å². The third-order valence-electron chi connectivity index (χ3n) is 3.24. The van der Waals surface area contributed by atoms with Gasteiger partial charge in [0.15, 0.2) is 5.78 Å². The van der Waals surface area contributed by atoms with E-state index in [9.17, 15) is 14.4 Å². The van der Waals surface area contributed by atoms with Crippen LogP contribution in [-0.2, 0) is 0 Å². The first-order valence-electron chi connectivity index (χ1n) is 6.20. The smallest absolute Gasteiger partial charge is 0.261 e. The molecule has 2 heterocycles. The van der Waals surface area contributed by atoms with Crippen LogP contribution >= 0.6 is 11.3 Å². The van der Waals surface area contributed by atoms with Gasteiger partial charge in [-0.15, -0.1) is 11.3 Å². The van der Waals surface area contributed by atoms with Gasteiger partial charge in [0.2, 0.25) is 0 Å². The highest BCUT2D eigenvalue weighted by atomic mass is 32.1. The standard InChI is InChI=1S/C15H11NO3S/c17-12(13-6-3-9-20-13)7-8-16-14(18)10-4-1-2-5-11(10)15(16)19/h1-6,9H,7-8H2. The molecule has 1 aliphatic heterocycles. The molecule has 100 valence electrons. The first-order valence-corrected chi connectivity index (χ1v) is 7.08. The van der Waals surface area contributed by atoms with E-state index in [0.717, 1.165) is 4.90 Å². The van der Waals surface area contributed by atoms with E-state index in [1.54, 1.807) is 36.4 Å². The van der Waals surface area contributed by atoms with Crippen molar-refractivity contribution in [1.82, 2.24) is 4.90 Å². The summed E-state index contributed by atoms with van der Waals surface area (Å²) in [7, 11) is 0. The number of carbonyl (C=O) groups excluding carboxylic acids is 3. The third-order valence-corrected chi connectivity index (χ3v) is 4.15. The third kappa shape index (κ3) is 2.06. The zero-order chi connectivity index (χ0) is 14.1. The van der Waals surface area contributed by atoms with Crippen molar-refractivity contribution in [3.63, 3.8) is 0 Å². The Morgan fingerprint density at radius 3 is 2.20 bits per heavy atom. The molecule has 0 saturated heterocycles. The van der Waals surface area contributed by atoms with Crippen LogP contribution in [0.2, 0.25) is 0 Å². The average Bonchev–Trinajstić information content (AvgIpc) is 3.07. The van der Waals surface area contributed by atoms with E-state index in [4.69, 9.17) is 0 Å². The summed E-state index contributed by atoms with van der Waals surface area (Å²) in [5.41, 5.74) is 0.835. The fraction of sp³-hybridized carbons (Fsp3) is 0.133. The summed E-state index contributed by atoms with van der Waals surface area (Å²) in [6, 6.07) is 10.3. The summed E-state index contributed by atoms with van der Waals surface area (Å²) in [4.78, 5) is 37.9. The highest BCUT2D eigenvalue weighted by molar-refractivity contribution is 7.12. The van der Waals surface area contributed by atoms with Crippen molar-refractivity contribution >= 4 is 28.9 Å². The molecule has 0 atom stereocenters. The number of Topliss-reactive ketones (excluding diaryl/α,β-unsaturated/α-hetero) is 1. The molecular formula is C15H11NO3S. The van der Waals surface area contributed by atoms with Gasteiger partial charge in [-0.2, -0.15) is 0 Å². The van der Waals surface area contributed by atoms with Gasteiger partial charge in [-0.05, 0) is 23.6 Å². The van der Waals surface area contributed by atoms with Gasteiger partial charge in [-0.25, -0.2) is 0 Å². The SMILES string of the molecule is O=C(CCN1C(=O)c2ccccc2C1=O)c1cccs1. The quantitative estimate of drug-likeness (QED) is 0.641. The van der Waals surface area contributed by atoms with Crippen LogP contribution in [0, 0.1) is 0 Å². The minimum absolute atomic E-state index is 0.0449. The van der Waals surface area contributed by atoms with Gasteiger partial charge in [0, 0.05) is 13.0 Å². The van der Waals surface area contributed by atoms with E-state index in [-0.39, 0.29) is 30.6 Å². The van der Waals surface area contributed by atoms with Crippen LogP contribution in [0.25, 0.3) is 0 Å². The van der Waals surface area contributed by atoms with E-state index in [1.807, 2.05) is 5.38 Å². The van der Waals surface area contributed by atoms with E-state index in [1.165, 1.54) is 11.3 Å². The molecule has 0 bridgehead atoms. The highest BCUT2D eigenvalue weighted by Gasteiger charge is 2.34. The minimum atomic E-state index is -0.315. The predicted octanol–water partition coefficient (Wildman–Crippen LogP) is 2.62. The largest absolute Gasteiger partial charge is 0.293 e. The summed E-state index contributed by atoms with van der Waals surface area (Å²) in [5, 5.41) is 1.83. The molecule has 0 fully saturated rings. The van der Waals surface area contributed by atoms with Gasteiger partial charge in [0.05, 0.1) is 16.0 Å². The predicted molar refractivity (Wildman–Crippen MR) is 75.1 cm³/mol. The van der Waals surface area contributed by atoms with Crippen LogP contribution in [-0.4, -0.2) is 29.0 Å². The molecule has 0 aliphatic carbocycles. The number of ketones is 1. The Morgan fingerprint density at radius 1 is 1.00 bits per heavy atom. The van der Waals surface area contributed by atoms with Gasteiger partial charge in [0.1, 0.15) is 0 Å². The first-order chi connectivity index (χ1) is 9.68. The minimum Gasteiger partial charge on any atom is -0.293 e. The Balaban J connectivity index is 1.73. The number of nitrogens with zero attached hydrogens (tertiary/aromatic N) is 1. The molecule has 5 heteroatoms. The van der Waals surface area contributed by atoms with Crippen molar-refractivity contribution in [3.05, 3.63) is 57.8 Å². The second-order valence-corrected chi connectivity index (χ2v) is 5.41. The van der Waals surface area contributed by atoms with Gasteiger partial charge in [-0.3, -0.25) is 19.3 Å². The molecule has 4 nitrogen and oxygen atoms in total. The number of hydrogen-bond donors (Lipinski definition) is 0. The molecule has 3 rings (SSSR count). The van der Waals surface area contributed by atoms with E-state index in [0.29, 0.717) is 16.0 Å². The maximum atomic E-state index is 12.1. The number of rotatable bonds is 4. The molecule has 0 spiro atoms. The van der Waals surface area contributed by atoms with E-state index < -0.39 is 0 Å². The summed E-state index contributed by atoms with van der Waals surface area (Å²) in [6.45, 7) is 0.128. The molecule has 1 aromatic heterocycles. The molecule has 2 amide bonds. The number of amides is 2. The zero-order valence-corrected chi connectivity index (χ0v) is 11.4. The molecule has 20 heavy (non-hydrogen) atoms. The molecule has 0 saturated carbocycles. The number of thiophene rings is 1. The fourth-order valence-electron chi connectivity index (χ4n) is 2.22. The van der Waals surface area contributed by atoms with Crippen LogP contribution in [0.3, 0.4) is 0 Å². The van der Waals surface area contributed by atoms with Gasteiger partial charge in [-0.1, -0.05) is 18.2 Å². The number of fused-ring (bicyclic) bond motifs is 1. The monoisotopic (exact) mass is 285 g/mol. The maximum absolute atomic E-state index is 12.1. The Hall–Kier alpha value is -2.27. The van der Waals surface area contributed by atoms with Crippen molar-refractivity contribution < 1.29 is 14.4 Å². The van der Waals surface area contributed by atoms with Crippen molar-refractivity contribution in [2.45, 2.75) is 6.42 Å². The topological polar surface area (TPSA) is 54.5 Å². The Bertz CT molecular complexity index is 656.